The van der Waals surface area contributed by atoms with Gasteiger partial charge in [0.25, 0.3) is 0 Å². The van der Waals surface area contributed by atoms with E-state index < -0.39 is 0 Å². The third-order valence-electron chi connectivity index (χ3n) is 2.59. The Bertz CT molecular complexity index is 369. The zero-order chi connectivity index (χ0) is 13.5. The van der Waals surface area contributed by atoms with Gasteiger partial charge in [0.15, 0.2) is 0 Å². The van der Waals surface area contributed by atoms with Crippen LogP contribution in [0.3, 0.4) is 0 Å². The molecule has 0 saturated carbocycles. The predicted octanol–water partition coefficient (Wildman–Crippen LogP) is 3.36. The second-order valence-corrected chi connectivity index (χ2v) is 5.51. The van der Waals surface area contributed by atoms with Crippen LogP contribution in [0.2, 0.25) is 0 Å². The fourth-order valence-electron chi connectivity index (χ4n) is 1.37. The third kappa shape index (κ3) is 5.38. The Labute approximate surface area is 118 Å². The topological polar surface area (TPSA) is 30.5 Å². The summed E-state index contributed by atoms with van der Waals surface area (Å²) in [6.45, 7) is 7.68. The van der Waals surface area contributed by atoms with Crippen LogP contribution in [0.25, 0.3) is 0 Å². The molecule has 18 heavy (non-hydrogen) atoms. The van der Waals surface area contributed by atoms with Crippen molar-refractivity contribution in [2.24, 2.45) is 0 Å². The van der Waals surface area contributed by atoms with Gasteiger partial charge in [0.1, 0.15) is 12.4 Å². The molecule has 102 valence electrons. The number of halogens is 1. The summed E-state index contributed by atoms with van der Waals surface area (Å²) in [7, 11) is 1.68. The molecule has 1 aromatic rings. The van der Waals surface area contributed by atoms with Crippen molar-refractivity contribution in [1.29, 1.82) is 0 Å². The first kappa shape index (κ1) is 15.5. The van der Waals surface area contributed by atoms with E-state index >= 15 is 0 Å². The molecule has 0 aliphatic carbocycles. The van der Waals surface area contributed by atoms with E-state index in [0.29, 0.717) is 12.6 Å². The lowest BCUT2D eigenvalue weighted by molar-refractivity contribution is 0.0714. The highest BCUT2D eigenvalue weighted by Crippen LogP contribution is 2.26. The molecule has 1 unspecified atom stereocenters. The number of benzene rings is 1. The fraction of sp³-hybridized carbons (Fsp3) is 0.571. The molecule has 0 aromatic heterocycles. The van der Waals surface area contributed by atoms with Gasteiger partial charge in [-0.1, -0.05) is 19.9 Å². The summed E-state index contributed by atoms with van der Waals surface area (Å²) in [5.74, 6) is 0.854. The minimum Gasteiger partial charge on any atom is -0.490 e. The molecule has 3 nitrogen and oxygen atoms in total. The maximum Gasteiger partial charge on any atom is 0.133 e. The molecular weight excluding hydrogens is 294 g/mol. The Balaban J connectivity index is 2.56. The van der Waals surface area contributed by atoms with E-state index in [1.165, 1.54) is 5.56 Å². The number of ether oxygens (including phenoxy) is 2. The second kappa shape index (κ2) is 7.77. The zero-order valence-corrected chi connectivity index (χ0v) is 13.1. The van der Waals surface area contributed by atoms with Crippen LogP contribution in [0.4, 0.5) is 0 Å². The molecule has 1 atom stereocenters. The number of rotatable bonds is 7. The van der Waals surface area contributed by atoms with Crippen molar-refractivity contribution in [3.05, 3.63) is 28.2 Å². The van der Waals surface area contributed by atoms with Crippen LogP contribution in [-0.4, -0.2) is 25.9 Å². The van der Waals surface area contributed by atoms with Gasteiger partial charge in [-0.3, -0.25) is 0 Å². The van der Waals surface area contributed by atoms with Gasteiger partial charge in [0, 0.05) is 19.7 Å². The first-order valence-corrected chi connectivity index (χ1v) is 6.99. The molecule has 0 aliphatic heterocycles. The Kier molecular flexibility index (Phi) is 6.68. The van der Waals surface area contributed by atoms with Gasteiger partial charge < -0.3 is 14.8 Å². The SMILES string of the molecule is COC(C)COc1ccc(CNC(C)C)cc1Br. The maximum atomic E-state index is 5.68. The van der Waals surface area contributed by atoms with Crippen LogP contribution in [0.1, 0.15) is 26.3 Å². The van der Waals surface area contributed by atoms with Crippen molar-refractivity contribution < 1.29 is 9.47 Å². The van der Waals surface area contributed by atoms with Crippen LogP contribution >= 0.6 is 15.9 Å². The van der Waals surface area contributed by atoms with Crippen LogP contribution < -0.4 is 10.1 Å². The molecule has 0 heterocycles. The monoisotopic (exact) mass is 315 g/mol. The second-order valence-electron chi connectivity index (χ2n) is 4.66. The zero-order valence-electron chi connectivity index (χ0n) is 11.5. The van der Waals surface area contributed by atoms with E-state index in [-0.39, 0.29) is 6.10 Å². The van der Waals surface area contributed by atoms with Crippen LogP contribution in [-0.2, 0) is 11.3 Å². The van der Waals surface area contributed by atoms with Gasteiger partial charge >= 0.3 is 0 Å². The predicted molar refractivity (Wildman–Crippen MR) is 78.1 cm³/mol. The van der Waals surface area contributed by atoms with Gasteiger partial charge in [-0.15, -0.1) is 0 Å². The Morgan fingerprint density at radius 1 is 1.28 bits per heavy atom. The lowest BCUT2D eigenvalue weighted by Crippen LogP contribution is -2.21. The highest BCUT2D eigenvalue weighted by molar-refractivity contribution is 9.10. The molecule has 0 radical (unpaired) electrons. The lowest BCUT2D eigenvalue weighted by Gasteiger charge is -2.14. The molecule has 0 saturated heterocycles. The molecule has 0 spiro atoms. The van der Waals surface area contributed by atoms with Gasteiger partial charge in [0.05, 0.1) is 10.6 Å². The van der Waals surface area contributed by atoms with Crippen molar-refractivity contribution in [2.45, 2.75) is 39.5 Å². The highest BCUT2D eigenvalue weighted by Gasteiger charge is 2.06. The Hall–Kier alpha value is -0.580. The Morgan fingerprint density at radius 2 is 2.00 bits per heavy atom. The molecule has 1 rings (SSSR count). The minimum atomic E-state index is 0.0965. The van der Waals surface area contributed by atoms with E-state index in [1.54, 1.807) is 7.11 Å². The standard InChI is InChI=1S/C14H22BrNO2/c1-10(2)16-8-12-5-6-14(13(15)7-12)18-9-11(3)17-4/h5-7,10-11,16H,8-9H2,1-4H3. The van der Waals surface area contributed by atoms with Crippen LogP contribution in [0.5, 0.6) is 5.75 Å². The molecule has 0 aliphatic rings. The molecular formula is C14H22BrNO2. The van der Waals surface area contributed by atoms with Crippen LogP contribution in [0.15, 0.2) is 22.7 Å². The largest absolute Gasteiger partial charge is 0.490 e. The number of hydrogen-bond acceptors (Lipinski definition) is 3. The average Bonchev–Trinajstić information content (AvgIpc) is 2.34. The highest BCUT2D eigenvalue weighted by atomic mass is 79.9. The van der Waals surface area contributed by atoms with E-state index in [4.69, 9.17) is 9.47 Å². The van der Waals surface area contributed by atoms with Crippen molar-refractivity contribution in [1.82, 2.24) is 5.32 Å². The Morgan fingerprint density at radius 3 is 2.56 bits per heavy atom. The average molecular weight is 316 g/mol. The van der Waals surface area contributed by atoms with Crippen molar-refractivity contribution >= 4 is 15.9 Å². The van der Waals surface area contributed by atoms with E-state index in [1.807, 2.05) is 13.0 Å². The van der Waals surface area contributed by atoms with Gasteiger partial charge in [-0.25, -0.2) is 0 Å². The number of methoxy groups -OCH3 is 1. The first-order chi connectivity index (χ1) is 8.52. The van der Waals surface area contributed by atoms with Crippen molar-refractivity contribution in [3.8, 4) is 5.75 Å². The van der Waals surface area contributed by atoms with E-state index in [9.17, 15) is 0 Å². The quantitative estimate of drug-likeness (QED) is 0.837. The van der Waals surface area contributed by atoms with E-state index in [0.717, 1.165) is 16.8 Å². The van der Waals surface area contributed by atoms with Gasteiger partial charge in [-0.05, 0) is 40.5 Å². The molecule has 0 fully saturated rings. The van der Waals surface area contributed by atoms with Crippen LogP contribution in [0, 0.1) is 0 Å². The number of nitrogens with one attached hydrogen (secondary N) is 1. The smallest absolute Gasteiger partial charge is 0.133 e. The van der Waals surface area contributed by atoms with Crippen molar-refractivity contribution in [3.63, 3.8) is 0 Å². The molecule has 1 N–H and O–H groups in total. The van der Waals surface area contributed by atoms with E-state index in [2.05, 4.69) is 47.2 Å². The normalized spacial score (nSPS) is 12.8. The van der Waals surface area contributed by atoms with Gasteiger partial charge in [0.2, 0.25) is 0 Å². The first-order valence-electron chi connectivity index (χ1n) is 6.20. The third-order valence-corrected chi connectivity index (χ3v) is 3.21. The lowest BCUT2D eigenvalue weighted by atomic mass is 10.2. The summed E-state index contributed by atoms with van der Waals surface area (Å²) in [5, 5.41) is 3.39. The fourth-order valence-corrected chi connectivity index (χ4v) is 1.91. The number of hydrogen-bond donors (Lipinski definition) is 1. The van der Waals surface area contributed by atoms with Crippen molar-refractivity contribution in [2.75, 3.05) is 13.7 Å². The van der Waals surface area contributed by atoms with Gasteiger partial charge in [-0.2, -0.15) is 0 Å². The maximum absolute atomic E-state index is 5.68. The summed E-state index contributed by atoms with van der Waals surface area (Å²) >= 11 is 3.53. The molecule has 4 heteroatoms. The summed E-state index contributed by atoms with van der Waals surface area (Å²) in [5.41, 5.74) is 1.24. The summed E-state index contributed by atoms with van der Waals surface area (Å²) in [6.07, 6.45) is 0.0965. The summed E-state index contributed by atoms with van der Waals surface area (Å²) < 4.78 is 11.8. The molecule has 1 aromatic carbocycles. The molecule has 0 amide bonds. The summed E-state index contributed by atoms with van der Waals surface area (Å²) in [6, 6.07) is 6.64. The minimum absolute atomic E-state index is 0.0965. The summed E-state index contributed by atoms with van der Waals surface area (Å²) in [4.78, 5) is 0. The molecule has 0 bridgehead atoms.